The van der Waals surface area contributed by atoms with E-state index >= 15 is 0 Å². The zero-order chi connectivity index (χ0) is 13.1. The standard InChI is InChI=1S/C14H25NO3/c1-16-9-10-18-12-11-17-8-7-14(13-15)5-3-2-4-6-14/h2-12H2,1H3. The summed E-state index contributed by atoms with van der Waals surface area (Å²) in [5, 5.41) is 9.30. The van der Waals surface area contributed by atoms with Crippen molar-refractivity contribution in [1.29, 1.82) is 5.26 Å². The summed E-state index contributed by atoms with van der Waals surface area (Å²) >= 11 is 0. The van der Waals surface area contributed by atoms with Crippen LogP contribution in [0.3, 0.4) is 0 Å². The van der Waals surface area contributed by atoms with Gasteiger partial charge >= 0.3 is 0 Å². The van der Waals surface area contributed by atoms with E-state index in [1.54, 1.807) is 7.11 Å². The molecule has 0 atom stereocenters. The number of methoxy groups -OCH3 is 1. The summed E-state index contributed by atoms with van der Waals surface area (Å²) in [5.41, 5.74) is -0.116. The van der Waals surface area contributed by atoms with Crippen LogP contribution in [0, 0.1) is 16.7 Å². The second-order valence-corrected chi connectivity index (χ2v) is 4.92. The van der Waals surface area contributed by atoms with Crippen LogP contribution in [0.4, 0.5) is 0 Å². The van der Waals surface area contributed by atoms with Crippen molar-refractivity contribution in [3.63, 3.8) is 0 Å². The van der Waals surface area contributed by atoms with Gasteiger partial charge in [0.05, 0.1) is 37.9 Å². The molecular weight excluding hydrogens is 230 g/mol. The molecule has 0 radical (unpaired) electrons. The Balaban J connectivity index is 2.01. The largest absolute Gasteiger partial charge is 0.382 e. The maximum absolute atomic E-state index is 9.30. The molecule has 0 aromatic heterocycles. The average molecular weight is 255 g/mol. The predicted octanol–water partition coefficient (Wildman–Crippen LogP) is 2.53. The van der Waals surface area contributed by atoms with E-state index in [4.69, 9.17) is 14.2 Å². The van der Waals surface area contributed by atoms with Gasteiger partial charge in [0, 0.05) is 13.7 Å². The third-order valence-electron chi connectivity index (χ3n) is 3.58. The van der Waals surface area contributed by atoms with Crippen LogP contribution in [-0.2, 0) is 14.2 Å². The molecule has 0 aromatic rings. The minimum Gasteiger partial charge on any atom is -0.382 e. The first-order valence-corrected chi connectivity index (χ1v) is 6.89. The first-order chi connectivity index (χ1) is 8.83. The van der Waals surface area contributed by atoms with Gasteiger partial charge in [-0.2, -0.15) is 5.26 Å². The van der Waals surface area contributed by atoms with Crippen LogP contribution in [0.15, 0.2) is 0 Å². The van der Waals surface area contributed by atoms with Crippen LogP contribution >= 0.6 is 0 Å². The third kappa shape index (κ3) is 5.81. The van der Waals surface area contributed by atoms with Crippen LogP contribution in [0.5, 0.6) is 0 Å². The van der Waals surface area contributed by atoms with Crippen LogP contribution in [0.25, 0.3) is 0 Å². The lowest BCUT2D eigenvalue weighted by molar-refractivity contribution is 0.0175. The molecule has 4 nitrogen and oxygen atoms in total. The summed E-state index contributed by atoms with van der Waals surface area (Å²) < 4.78 is 15.7. The second-order valence-electron chi connectivity index (χ2n) is 4.92. The predicted molar refractivity (Wildman–Crippen MR) is 69.3 cm³/mol. The van der Waals surface area contributed by atoms with Gasteiger partial charge in [0.1, 0.15) is 0 Å². The van der Waals surface area contributed by atoms with Gasteiger partial charge in [-0.1, -0.05) is 19.3 Å². The first kappa shape index (κ1) is 15.4. The van der Waals surface area contributed by atoms with E-state index in [2.05, 4.69) is 6.07 Å². The van der Waals surface area contributed by atoms with Crippen LogP contribution in [-0.4, -0.2) is 40.1 Å². The zero-order valence-electron chi connectivity index (χ0n) is 11.5. The normalized spacial score (nSPS) is 18.4. The van der Waals surface area contributed by atoms with Crippen molar-refractivity contribution in [2.75, 3.05) is 40.1 Å². The van der Waals surface area contributed by atoms with Gasteiger partial charge in [-0.25, -0.2) is 0 Å². The van der Waals surface area contributed by atoms with Gasteiger partial charge in [0.25, 0.3) is 0 Å². The van der Waals surface area contributed by atoms with Gasteiger partial charge in [-0.3, -0.25) is 0 Å². The van der Waals surface area contributed by atoms with E-state index in [0.29, 0.717) is 33.0 Å². The minimum atomic E-state index is -0.116. The number of nitrogens with zero attached hydrogens (tertiary/aromatic N) is 1. The molecular formula is C14H25NO3. The molecule has 0 amide bonds. The van der Waals surface area contributed by atoms with E-state index in [1.165, 1.54) is 19.3 Å². The van der Waals surface area contributed by atoms with E-state index < -0.39 is 0 Å². The zero-order valence-corrected chi connectivity index (χ0v) is 11.5. The Bertz CT molecular complexity index is 244. The highest BCUT2D eigenvalue weighted by Gasteiger charge is 2.31. The minimum absolute atomic E-state index is 0.116. The van der Waals surface area contributed by atoms with Gasteiger partial charge in [0.2, 0.25) is 0 Å². The van der Waals surface area contributed by atoms with Crippen LogP contribution < -0.4 is 0 Å². The van der Waals surface area contributed by atoms with Gasteiger partial charge in [-0.05, 0) is 19.3 Å². The van der Waals surface area contributed by atoms with Crippen molar-refractivity contribution in [2.24, 2.45) is 5.41 Å². The fourth-order valence-corrected chi connectivity index (χ4v) is 2.38. The average Bonchev–Trinajstić information content (AvgIpc) is 2.43. The molecule has 1 aliphatic rings. The van der Waals surface area contributed by atoms with E-state index in [-0.39, 0.29) is 5.41 Å². The van der Waals surface area contributed by atoms with Gasteiger partial charge in [-0.15, -0.1) is 0 Å². The summed E-state index contributed by atoms with van der Waals surface area (Å²) in [7, 11) is 1.66. The Morgan fingerprint density at radius 2 is 1.56 bits per heavy atom. The van der Waals surface area contributed by atoms with Crippen molar-refractivity contribution in [3.05, 3.63) is 0 Å². The van der Waals surface area contributed by atoms with Crippen LogP contribution in [0.2, 0.25) is 0 Å². The monoisotopic (exact) mass is 255 g/mol. The van der Waals surface area contributed by atoms with Gasteiger partial charge < -0.3 is 14.2 Å². The molecule has 0 saturated heterocycles. The number of ether oxygens (including phenoxy) is 3. The maximum atomic E-state index is 9.30. The number of rotatable bonds is 9. The number of nitriles is 1. The fraction of sp³-hybridized carbons (Fsp3) is 0.929. The summed E-state index contributed by atoms with van der Waals surface area (Å²) in [6, 6.07) is 2.51. The van der Waals surface area contributed by atoms with E-state index in [9.17, 15) is 5.26 Å². The Morgan fingerprint density at radius 1 is 0.944 bits per heavy atom. The summed E-state index contributed by atoms with van der Waals surface area (Å²) in [4.78, 5) is 0. The molecule has 1 aliphatic carbocycles. The lowest BCUT2D eigenvalue weighted by Gasteiger charge is -2.30. The Morgan fingerprint density at radius 3 is 2.17 bits per heavy atom. The molecule has 1 fully saturated rings. The van der Waals surface area contributed by atoms with Crippen molar-refractivity contribution < 1.29 is 14.2 Å². The lowest BCUT2D eigenvalue weighted by Crippen LogP contribution is -2.24. The second kappa shape index (κ2) is 9.32. The smallest absolute Gasteiger partial charge is 0.0701 e. The molecule has 18 heavy (non-hydrogen) atoms. The molecule has 0 heterocycles. The molecule has 104 valence electrons. The number of hydrogen-bond donors (Lipinski definition) is 0. The van der Waals surface area contributed by atoms with Crippen LogP contribution in [0.1, 0.15) is 38.5 Å². The van der Waals surface area contributed by atoms with E-state index in [1.807, 2.05) is 0 Å². The molecule has 0 N–H and O–H groups in total. The Labute approximate surface area is 110 Å². The van der Waals surface area contributed by atoms with Crippen molar-refractivity contribution in [2.45, 2.75) is 38.5 Å². The SMILES string of the molecule is COCCOCCOCCC1(C#N)CCCCC1. The Kier molecular flexibility index (Phi) is 7.99. The van der Waals surface area contributed by atoms with Crippen molar-refractivity contribution in [1.82, 2.24) is 0 Å². The first-order valence-electron chi connectivity index (χ1n) is 6.89. The fourth-order valence-electron chi connectivity index (χ4n) is 2.38. The number of hydrogen-bond acceptors (Lipinski definition) is 4. The molecule has 0 aliphatic heterocycles. The highest BCUT2D eigenvalue weighted by Crippen LogP contribution is 2.38. The molecule has 0 aromatic carbocycles. The molecule has 4 heteroatoms. The highest BCUT2D eigenvalue weighted by atomic mass is 16.5. The molecule has 0 unspecified atom stereocenters. The maximum Gasteiger partial charge on any atom is 0.0701 e. The Hall–Kier alpha value is -0.630. The molecule has 0 bridgehead atoms. The summed E-state index contributed by atoms with van der Waals surface area (Å²) in [6.45, 7) is 3.11. The molecule has 1 rings (SSSR count). The topological polar surface area (TPSA) is 51.5 Å². The van der Waals surface area contributed by atoms with E-state index in [0.717, 1.165) is 19.3 Å². The van der Waals surface area contributed by atoms with Crippen molar-refractivity contribution >= 4 is 0 Å². The highest BCUT2D eigenvalue weighted by molar-refractivity contribution is 5.00. The quantitative estimate of drug-likeness (QED) is 0.594. The molecule has 1 saturated carbocycles. The van der Waals surface area contributed by atoms with Gasteiger partial charge in [0.15, 0.2) is 0 Å². The summed E-state index contributed by atoms with van der Waals surface area (Å²) in [5.74, 6) is 0. The third-order valence-corrected chi connectivity index (χ3v) is 3.58. The summed E-state index contributed by atoms with van der Waals surface area (Å²) in [6.07, 6.45) is 6.59. The lowest BCUT2D eigenvalue weighted by atomic mass is 9.73. The van der Waals surface area contributed by atoms with Crippen molar-refractivity contribution in [3.8, 4) is 6.07 Å². The molecule has 0 spiro atoms.